The Kier molecular flexibility index (Phi) is 4.88. The van der Waals surface area contributed by atoms with Crippen LogP contribution in [-0.2, 0) is 9.84 Å². The predicted octanol–water partition coefficient (Wildman–Crippen LogP) is 2.79. The Morgan fingerprint density at radius 1 is 1.24 bits per heavy atom. The Morgan fingerprint density at radius 3 is 2.62 bits per heavy atom. The standard InChI is InChI=1S/C15H22N2O3S/c1-11-6-5-7-12(10-11)16-15(18)17-13-8-3-4-9-14(13)21(2,19)20/h3-4,8-9,11-12H,5-7,10H2,1-2H3,(H2,16,17,18). The van der Waals surface area contributed by atoms with Crippen LogP contribution < -0.4 is 10.6 Å². The Bertz CT molecular complexity index is 613. The first-order valence-electron chi connectivity index (χ1n) is 7.23. The van der Waals surface area contributed by atoms with E-state index in [0.29, 0.717) is 11.6 Å². The SMILES string of the molecule is CC1CCCC(NC(=O)Nc2ccccc2S(C)(=O)=O)C1. The van der Waals surface area contributed by atoms with Crippen molar-refractivity contribution in [2.75, 3.05) is 11.6 Å². The smallest absolute Gasteiger partial charge is 0.319 e. The second kappa shape index (κ2) is 6.47. The minimum atomic E-state index is -3.36. The molecule has 1 fully saturated rings. The lowest BCUT2D eigenvalue weighted by molar-refractivity contribution is 0.238. The van der Waals surface area contributed by atoms with Crippen LogP contribution >= 0.6 is 0 Å². The molecule has 1 saturated carbocycles. The lowest BCUT2D eigenvalue weighted by Crippen LogP contribution is -2.40. The summed E-state index contributed by atoms with van der Waals surface area (Å²) in [6.45, 7) is 2.19. The van der Waals surface area contributed by atoms with E-state index in [0.717, 1.165) is 25.5 Å². The summed E-state index contributed by atoms with van der Waals surface area (Å²) >= 11 is 0. The van der Waals surface area contributed by atoms with Crippen LogP contribution in [0, 0.1) is 5.92 Å². The molecule has 0 saturated heterocycles. The fraction of sp³-hybridized carbons (Fsp3) is 0.533. The van der Waals surface area contributed by atoms with Crippen molar-refractivity contribution < 1.29 is 13.2 Å². The van der Waals surface area contributed by atoms with Crippen molar-refractivity contribution in [3.8, 4) is 0 Å². The number of urea groups is 1. The van der Waals surface area contributed by atoms with Crippen LogP contribution in [0.1, 0.15) is 32.6 Å². The number of hydrogen-bond acceptors (Lipinski definition) is 3. The highest BCUT2D eigenvalue weighted by atomic mass is 32.2. The van der Waals surface area contributed by atoms with Gasteiger partial charge in [-0.25, -0.2) is 13.2 Å². The van der Waals surface area contributed by atoms with Crippen molar-refractivity contribution >= 4 is 21.6 Å². The average Bonchev–Trinajstić information content (AvgIpc) is 2.37. The van der Waals surface area contributed by atoms with Gasteiger partial charge in [-0.05, 0) is 30.9 Å². The van der Waals surface area contributed by atoms with Gasteiger partial charge in [-0.2, -0.15) is 0 Å². The number of anilines is 1. The van der Waals surface area contributed by atoms with E-state index in [4.69, 9.17) is 0 Å². The average molecular weight is 310 g/mol. The molecule has 2 N–H and O–H groups in total. The number of sulfone groups is 1. The van der Waals surface area contributed by atoms with Gasteiger partial charge in [-0.1, -0.05) is 31.9 Å². The molecule has 0 spiro atoms. The van der Waals surface area contributed by atoms with Gasteiger partial charge < -0.3 is 10.6 Å². The summed E-state index contributed by atoms with van der Waals surface area (Å²) in [5.41, 5.74) is 0.321. The van der Waals surface area contributed by atoms with Crippen LogP contribution in [0.2, 0.25) is 0 Å². The van der Waals surface area contributed by atoms with Crippen molar-refractivity contribution in [3.63, 3.8) is 0 Å². The van der Waals surface area contributed by atoms with Crippen molar-refractivity contribution in [2.24, 2.45) is 5.92 Å². The van der Waals surface area contributed by atoms with Gasteiger partial charge in [0.2, 0.25) is 0 Å². The zero-order chi connectivity index (χ0) is 15.5. The zero-order valence-electron chi connectivity index (χ0n) is 12.4. The highest BCUT2D eigenvalue weighted by Gasteiger charge is 2.21. The topological polar surface area (TPSA) is 75.3 Å². The van der Waals surface area contributed by atoms with E-state index in [-0.39, 0.29) is 17.0 Å². The fourth-order valence-corrected chi connectivity index (χ4v) is 3.65. The third kappa shape index (κ3) is 4.46. The third-order valence-corrected chi connectivity index (χ3v) is 4.96. The van der Waals surface area contributed by atoms with E-state index in [1.165, 1.54) is 12.5 Å². The van der Waals surface area contributed by atoms with E-state index in [1.807, 2.05) is 0 Å². The quantitative estimate of drug-likeness (QED) is 0.901. The highest BCUT2D eigenvalue weighted by molar-refractivity contribution is 7.90. The number of carbonyl (C=O) groups excluding carboxylic acids is 1. The number of para-hydroxylation sites is 1. The van der Waals surface area contributed by atoms with Crippen LogP contribution in [-0.4, -0.2) is 26.7 Å². The number of nitrogens with one attached hydrogen (secondary N) is 2. The summed E-state index contributed by atoms with van der Waals surface area (Å²) in [6.07, 6.45) is 5.41. The van der Waals surface area contributed by atoms with Gasteiger partial charge in [0.15, 0.2) is 9.84 Å². The van der Waals surface area contributed by atoms with Gasteiger partial charge in [0, 0.05) is 12.3 Å². The van der Waals surface area contributed by atoms with Crippen LogP contribution in [0.15, 0.2) is 29.2 Å². The second-order valence-electron chi connectivity index (χ2n) is 5.84. The van der Waals surface area contributed by atoms with Crippen LogP contribution in [0.5, 0.6) is 0 Å². The molecule has 2 atom stereocenters. The molecule has 1 aromatic rings. The number of carbonyl (C=O) groups is 1. The molecule has 5 nitrogen and oxygen atoms in total. The monoisotopic (exact) mass is 310 g/mol. The minimum Gasteiger partial charge on any atom is -0.335 e. The van der Waals surface area contributed by atoms with Crippen LogP contribution in [0.3, 0.4) is 0 Å². The maximum absolute atomic E-state index is 12.0. The molecule has 6 heteroatoms. The summed E-state index contributed by atoms with van der Waals surface area (Å²) in [6, 6.07) is 6.26. The first-order chi connectivity index (χ1) is 9.86. The lowest BCUT2D eigenvalue weighted by atomic mass is 9.87. The zero-order valence-corrected chi connectivity index (χ0v) is 13.2. The second-order valence-corrected chi connectivity index (χ2v) is 7.82. The van der Waals surface area contributed by atoms with Crippen molar-refractivity contribution in [3.05, 3.63) is 24.3 Å². The molecule has 0 heterocycles. The molecule has 1 aromatic carbocycles. The molecule has 2 amide bonds. The molecule has 0 bridgehead atoms. The summed E-state index contributed by atoms with van der Waals surface area (Å²) in [5.74, 6) is 0.618. The van der Waals surface area contributed by atoms with Crippen molar-refractivity contribution in [1.29, 1.82) is 0 Å². The van der Waals surface area contributed by atoms with Crippen molar-refractivity contribution in [1.82, 2.24) is 5.32 Å². The molecule has 0 radical (unpaired) electrons. The Morgan fingerprint density at radius 2 is 1.95 bits per heavy atom. The Balaban J connectivity index is 2.03. The highest BCUT2D eigenvalue weighted by Crippen LogP contribution is 2.24. The summed E-state index contributed by atoms with van der Waals surface area (Å²) in [4.78, 5) is 12.2. The molecule has 116 valence electrons. The molecule has 0 aromatic heterocycles. The first kappa shape index (κ1) is 15.8. The Hall–Kier alpha value is -1.56. The number of benzene rings is 1. The summed E-state index contributed by atoms with van der Waals surface area (Å²) < 4.78 is 23.4. The van der Waals surface area contributed by atoms with E-state index in [9.17, 15) is 13.2 Å². The predicted molar refractivity (Wildman–Crippen MR) is 83.1 cm³/mol. The maximum Gasteiger partial charge on any atom is 0.319 e. The minimum absolute atomic E-state index is 0.136. The Labute approximate surface area is 126 Å². The van der Waals surface area contributed by atoms with Gasteiger partial charge in [0.1, 0.15) is 0 Å². The van der Waals surface area contributed by atoms with E-state index < -0.39 is 9.84 Å². The van der Waals surface area contributed by atoms with Crippen LogP contribution in [0.25, 0.3) is 0 Å². The summed E-state index contributed by atoms with van der Waals surface area (Å²) in [7, 11) is -3.36. The fourth-order valence-electron chi connectivity index (χ4n) is 2.80. The van der Waals surface area contributed by atoms with Gasteiger partial charge >= 0.3 is 6.03 Å². The number of hydrogen-bond donors (Lipinski definition) is 2. The molecule has 21 heavy (non-hydrogen) atoms. The summed E-state index contributed by atoms with van der Waals surface area (Å²) in [5, 5.41) is 5.58. The third-order valence-electron chi connectivity index (χ3n) is 3.81. The normalized spacial score (nSPS) is 22.6. The molecule has 2 unspecified atom stereocenters. The van der Waals surface area contributed by atoms with Gasteiger partial charge in [-0.3, -0.25) is 0 Å². The largest absolute Gasteiger partial charge is 0.335 e. The van der Waals surface area contributed by atoms with E-state index in [2.05, 4.69) is 17.6 Å². The first-order valence-corrected chi connectivity index (χ1v) is 9.12. The van der Waals surface area contributed by atoms with E-state index in [1.54, 1.807) is 18.2 Å². The molecule has 1 aliphatic carbocycles. The van der Waals surface area contributed by atoms with Gasteiger partial charge in [0.25, 0.3) is 0 Å². The van der Waals surface area contributed by atoms with Gasteiger partial charge in [-0.15, -0.1) is 0 Å². The molecular formula is C15H22N2O3S. The molecule has 0 aliphatic heterocycles. The molecular weight excluding hydrogens is 288 g/mol. The lowest BCUT2D eigenvalue weighted by Gasteiger charge is -2.27. The molecule has 2 rings (SSSR count). The van der Waals surface area contributed by atoms with Crippen LogP contribution in [0.4, 0.5) is 10.5 Å². The van der Waals surface area contributed by atoms with Crippen molar-refractivity contribution in [2.45, 2.75) is 43.5 Å². The number of amides is 2. The number of rotatable bonds is 3. The maximum atomic E-state index is 12.0. The van der Waals surface area contributed by atoms with E-state index >= 15 is 0 Å². The van der Waals surface area contributed by atoms with Gasteiger partial charge in [0.05, 0.1) is 10.6 Å². The molecule has 1 aliphatic rings.